The Balaban J connectivity index is 1.94. The molecule has 0 spiro atoms. The summed E-state index contributed by atoms with van der Waals surface area (Å²) in [5, 5.41) is 6.32. The molecule has 0 fully saturated rings. The maximum absolute atomic E-state index is 13.1. The lowest BCUT2D eigenvalue weighted by Crippen LogP contribution is -2.39. The van der Waals surface area contributed by atoms with Crippen LogP contribution in [0.15, 0.2) is 58.4 Å². The molecule has 0 bridgehead atoms. The molecule has 0 aromatic heterocycles. The summed E-state index contributed by atoms with van der Waals surface area (Å²) in [7, 11) is -3.21. The number of aliphatic imine (C=N–C) groups is 1. The van der Waals surface area contributed by atoms with Gasteiger partial charge in [0, 0.05) is 19.3 Å². The number of nitrogens with one attached hydrogen (secondary N) is 2. The smallest absolute Gasteiger partial charge is 0.222 e. The fourth-order valence-corrected chi connectivity index (χ4v) is 3.56. The fraction of sp³-hybridized carbons (Fsp3) is 0.364. The number of amides is 1. The second kappa shape index (κ2) is 11.5. The lowest BCUT2D eigenvalue weighted by molar-refractivity contribution is -0.121. The zero-order valence-corrected chi connectivity index (χ0v) is 18.6. The van der Waals surface area contributed by atoms with Crippen LogP contribution < -0.4 is 16.4 Å². The zero-order valence-electron chi connectivity index (χ0n) is 17.8. The van der Waals surface area contributed by atoms with Gasteiger partial charge in [-0.25, -0.2) is 12.8 Å². The number of sulfone groups is 1. The quantitative estimate of drug-likeness (QED) is 0.378. The number of guanidine groups is 1. The molecule has 2 aromatic rings. The molecule has 0 aliphatic rings. The van der Waals surface area contributed by atoms with E-state index in [1.54, 1.807) is 36.4 Å². The largest absolute Gasteiger partial charge is 0.369 e. The van der Waals surface area contributed by atoms with Crippen molar-refractivity contribution >= 4 is 21.7 Å². The number of carbonyl (C=O) groups excluding carboxylic acids is 1. The molecule has 9 heteroatoms. The third-order valence-electron chi connectivity index (χ3n) is 4.67. The highest BCUT2D eigenvalue weighted by molar-refractivity contribution is 7.90. The lowest BCUT2D eigenvalue weighted by Gasteiger charge is -2.15. The Morgan fingerprint density at radius 3 is 2.23 bits per heavy atom. The third-order valence-corrected chi connectivity index (χ3v) is 5.80. The average molecular weight is 449 g/mol. The van der Waals surface area contributed by atoms with Gasteiger partial charge in [-0.2, -0.15) is 0 Å². The van der Waals surface area contributed by atoms with Gasteiger partial charge in [-0.15, -0.1) is 0 Å². The Labute approximate surface area is 182 Å². The van der Waals surface area contributed by atoms with E-state index in [9.17, 15) is 17.6 Å². The fourth-order valence-electron chi connectivity index (χ4n) is 2.93. The van der Waals surface area contributed by atoms with Gasteiger partial charge in [-0.05, 0) is 55.2 Å². The summed E-state index contributed by atoms with van der Waals surface area (Å²) in [5.41, 5.74) is 7.33. The van der Waals surface area contributed by atoms with Crippen molar-refractivity contribution in [2.75, 3.05) is 25.9 Å². The summed E-state index contributed by atoms with van der Waals surface area (Å²) in [6.45, 7) is 3.35. The van der Waals surface area contributed by atoms with E-state index in [4.69, 9.17) is 5.73 Å². The molecule has 4 N–H and O–H groups in total. The molecule has 0 saturated carbocycles. The normalized spacial score (nSPS) is 12.9. The first-order valence-corrected chi connectivity index (χ1v) is 11.9. The number of benzene rings is 2. The van der Waals surface area contributed by atoms with Gasteiger partial charge in [0.15, 0.2) is 15.8 Å². The van der Waals surface area contributed by atoms with Gasteiger partial charge in [0.25, 0.3) is 0 Å². The molecule has 0 saturated heterocycles. The topological polar surface area (TPSA) is 114 Å². The minimum atomic E-state index is -3.21. The van der Waals surface area contributed by atoms with Crippen LogP contribution in [0.2, 0.25) is 0 Å². The van der Waals surface area contributed by atoms with Crippen LogP contribution in [0.25, 0.3) is 0 Å². The minimum absolute atomic E-state index is 0.200. The molecular weight excluding hydrogens is 419 g/mol. The highest BCUT2D eigenvalue weighted by atomic mass is 32.2. The first-order chi connectivity index (χ1) is 14.7. The summed E-state index contributed by atoms with van der Waals surface area (Å²) in [6.07, 6.45) is 2.23. The van der Waals surface area contributed by atoms with Crippen LogP contribution in [-0.4, -0.2) is 46.2 Å². The van der Waals surface area contributed by atoms with E-state index >= 15 is 0 Å². The van der Waals surface area contributed by atoms with Crippen molar-refractivity contribution in [2.45, 2.75) is 24.7 Å². The zero-order chi connectivity index (χ0) is 22.9. The van der Waals surface area contributed by atoms with E-state index in [1.165, 1.54) is 18.4 Å². The average Bonchev–Trinajstić information content (AvgIpc) is 2.72. The van der Waals surface area contributed by atoms with Crippen LogP contribution in [0.4, 0.5) is 4.39 Å². The number of halogens is 1. The molecule has 168 valence electrons. The Morgan fingerprint density at radius 2 is 1.68 bits per heavy atom. The Hall–Kier alpha value is -2.94. The monoisotopic (exact) mass is 448 g/mol. The van der Waals surface area contributed by atoms with Crippen molar-refractivity contribution in [2.24, 2.45) is 16.6 Å². The van der Waals surface area contributed by atoms with Crippen LogP contribution in [0.3, 0.4) is 0 Å². The van der Waals surface area contributed by atoms with E-state index in [0.717, 1.165) is 11.1 Å². The second-order valence-corrected chi connectivity index (χ2v) is 9.26. The first kappa shape index (κ1) is 24.3. The van der Waals surface area contributed by atoms with Crippen molar-refractivity contribution in [3.63, 3.8) is 0 Å². The maximum Gasteiger partial charge on any atom is 0.222 e. The summed E-state index contributed by atoms with van der Waals surface area (Å²) >= 11 is 0. The molecule has 0 radical (unpaired) electrons. The van der Waals surface area contributed by atoms with Gasteiger partial charge in [-0.3, -0.25) is 9.79 Å². The predicted molar refractivity (Wildman–Crippen MR) is 120 cm³/mol. The summed E-state index contributed by atoms with van der Waals surface area (Å²) in [5.74, 6) is -0.748. The first-order valence-electron chi connectivity index (χ1n) is 10.0. The minimum Gasteiger partial charge on any atom is -0.369 e. The molecular formula is C22H29FN4O3S. The van der Waals surface area contributed by atoms with Gasteiger partial charge >= 0.3 is 0 Å². The molecule has 7 nitrogen and oxygen atoms in total. The van der Waals surface area contributed by atoms with Crippen LogP contribution in [0, 0.1) is 11.7 Å². The van der Waals surface area contributed by atoms with Gasteiger partial charge < -0.3 is 16.4 Å². The summed E-state index contributed by atoms with van der Waals surface area (Å²) < 4.78 is 36.2. The number of nitrogens with zero attached hydrogens (tertiary/aromatic N) is 1. The molecule has 2 aromatic carbocycles. The van der Waals surface area contributed by atoms with Gasteiger partial charge in [0.1, 0.15) is 5.82 Å². The van der Waals surface area contributed by atoms with E-state index in [1.807, 2.05) is 6.92 Å². The van der Waals surface area contributed by atoms with Crippen molar-refractivity contribution in [3.8, 4) is 0 Å². The molecule has 0 aliphatic heterocycles. The van der Waals surface area contributed by atoms with Gasteiger partial charge in [0.2, 0.25) is 5.91 Å². The van der Waals surface area contributed by atoms with Crippen LogP contribution in [0.5, 0.6) is 0 Å². The van der Waals surface area contributed by atoms with Gasteiger partial charge in [0.05, 0.1) is 17.4 Å². The van der Waals surface area contributed by atoms with Crippen molar-refractivity contribution in [1.29, 1.82) is 0 Å². The number of nitrogens with two attached hydrogens (primary N) is 1. The summed E-state index contributed by atoms with van der Waals surface area (Å²) in [6, 6.07) is 12.7. The van der Waals surface area contributed by atoms with Crippen molar-refractivity contribution in [3.05, 3.63) is 65.5 Å². The Bertz CT molecular complexity index is 990. The molecule has 1 unspecified atom stereocenters. The predicted octanol–water partition coefficient (Wildman–Crippen LogP) is 1.67. The molecule has 1 atom stereocenters. The molecule has 0 heterocycles. The van der Waals surface area contributed by atoms with E-state index < -0.39 is 21.7 Å². The van der Waals surface area contributed by atoms with Crippen LogP contribution in [-0.2, 0) is 27.5 Å². The molecule has 0 aliphatic carbocycles. The lowest BCUT2D eigenvalue weighted by atomic mass is 9.99. The van der Waals surface area contributed by atoms with Crippen LogP contribution >= 0.6 is 0 Å². The molecule has 2 rings (SSSR count). The highest BCUT2D eigenvalue weighted by Gasteiger charge is 2.16. The number of rotatable bonds is 10. The Morgan fingerprint density at radius 1 is 1.06 bits per heavy atom. The number of hydrogen-bond acceptors (Lipinski definition) is 4. The SMILES string of the molecule is CCNC(=NCC(Cc1ccc(F)cc1)C(N)=O)NCCc1ccc(S(C)(=O)=O)cc1. The van der Waals surface area contributed by atoms with E-state index in [-0.39, 0.29) is 17.3 Å². The second-order valence-electron chi connectivity index (χ2n) is 7.24. The maximum atomic E-state index is 13.1. The molecule has 1 amide bonds. The van der Waals surface area contributed by atoms with Crippen molar-refractivity contribution < 1.29 is 17.6 Å². The highest BCUT2D eigenvalue weighted by Crippen LogP contribution is 2.11. The van der Waals surface area contributed by atoms with Crippen LogP contribution in [0.1, 0.15) is 18.1 Å². The number of hydrogen-bond donors (Lipinski definition) is 3. The van der Waals surface area contributed by atoms with E-state index in [2.05, 4.69) is 15.6 Å². The number of carbonyl (C=O) groups is 1. The third kappa shape index (κ3) is 8.37. The Kier molecular flexibility index (Phi) is 8.99. The van der Waals surface area contributed by atoms with Gasteiger partial charge in [-0.1, -0.05) is 24.3 Å². The van der Waals surface area contributed by atoms with Crippen molar-refractivity contribution in [1.82, 2.24) is 10.6 Å². The molecule has 31 heavy (non-hydrogen) atoms. The number of primary amides is 1. The standard InChI is InChI=1S/C22H29FN4O3S/c1-3-25-22(26-13-12-16-6-10-20(11-7-16)31(2,29)30)27-15-18(21(24)28)14-17-4-8-19(23)9-5-17/h4-11,18H,3,12-15H2,1-2H3,(H2,24,28)(H2,25,26,27). The van der Waals surface area contributed by atoms with E-state index in [0.29, 0.717) is 31.9 Å². The summed E-state index contributed by atoms with van der Waals surface area (Å²) in [4.78, 5) is 16.6.